The topological polar surface area (TPSA) is 17.8 Å². The van der Waals surface area contributed by atoms with Crippen LogP contribution in [-0.4, -0.2) is 9.55 Å². The average molecular weight is 307 g/mol. The molecule has 0 aliphatic heterocycles. The van der Waals surface area contributed by atoms with E-state index in [0.29, 0.717) is 0 Å². The molecule has 1 rings (SSSR count). The number of nitrogens with zero attached hydrogens (tertiary/aromatic N) is 2. The molecular formula is C7H11N2W-. The summed E-state index contributed by atoms with van der Waals surface area (Å²) < 4.78 is 1.97. The molecule has 0 unspecified atom stereocenters. The van der Waals surface area contributed by atoms with Crippen molar-refractivity contribution >= 4 is 0 Å². The molecule has 0 bridgehead atoms. The van der Waals surface area contributed by atoms with E-state index >= 15 is 0 Å². The van der Waals surface area contributed by atoms with Crippen LogP contribution < -0.4 is 0 Å². The van der Waals surface area contributed by atoms with Crippen LogP contribution in [0.3, 0.4) is 0 Å². The maximum Gasteiger partial charge on any atom is 0.0924 e. The van der Waals surface area contributed by atoms with Gasteiger partial charge in [0, 0.05) is 27.3 Å². The molecule has 0 spiro atoms. The van der Waals surface area contributed by atoms with Crippen LogP contribution in [0.5, 0.6) is 0 Å². The standard InChI is InChI=1S/C7H11N2.W/c1-3-7-5-9(4-2)6-8-7;/h5-6H,2-4H2,1H3;/q-1;. The molecular weight excluding hydrogens is 296 g/mol. The summed E-state index contributed by atoms with van der Waals surface area (Å²) in [6.07, 6.45) is 4.84. The van der Waals surface area contributed by atoms with E-state index in [2.05, 4.69) is 18.8 Å². The first-order chi connectivity index (χ1) is 4.36. The summed E-state index contributed by atoms with van der Waals surface area (Å²) in [5, 5.41) is 0. The zero-order valence-corrected chi connectivity index (χ0v) is 9.01. The molecule has 0 aliphatic carbocycles. The molecule has 0 aromatic carbocycles. The van der Waals surface area contributed by atoms with Gasteiger partial charge in [0.2, 0.25) is 0 Å². The monoisotopic (exact) mass is 307 g/mol. The molecule has 2 nitrogen and oxygen atoms in total. The molecule has 0 atom stereocenters. The van der Waals surface area contributed by atoms with Crippen LogP contribution >= 0.6 is 0 Å². The molecule has 1 heterocycles. The average Bonchev–Trinajstić information content (AvgIpc) is 2.34. The summed E-state index contributed by atoms with van der Waals surface area (Å²) in [6, 6.07) is 0. The summed E-state index contributed by atoms with van der Waals surface area (Å²) in [4.78, 5) is 4.13. The van der Waals surface area contributed by atoms with Gasteiger partial charge in [-0.05, 0) is 6.42 Å². The molecule has 0 aliphatic rings. The van der Waals surface area contributed by atoms with Gasteiger partial charge >= 0.3 is 0 Å². The Bertz CT molecular complexity index is 165. The SMILES string of the molecule is [CH2-]Cn1cnc(CC)c1.[W]. The van der Waals surface area contributed by atoms with Crippen molar-refractivity contribution in [2.45, 2.75) is 19.9 Å². The third kappa shape index (κ3) is 2.26. The smallest absolute Gasteiger partial charge is 0.0924 e. The predicted molar refractivity (Wildman–Crippen MR) is 37.0 cm³/mol. The van der Waals surface area contributed by atoms with Gasteiger partial charge in [0.05, 0.1) is 12.0 Å². The molecule has 1 aromatic heterocycles. The van der Waals surface area contributed by atoms with Crippen LogP contribution in [-0.2, 0) is 34.0 Å². The van der Waals surface area contributed by atoms with E-state index in [4.69, 9.17) is 0 Å². The van der Waals surface area contributed by atoms with E-state index < -0.39 is 0 Å². The largest absolute Gasteiger partial charge is 0.368 e. The Hall–Kier alpha value is -0.102. The summed E-state index contributed by atoms with van der Waals surface area (Å²) in [7, 11) is 0. The normalized spacial score (nSPS) is 9.00. The minimum atomic E-state index is 0. The van der Waals surface area contributed by atoms with E-state index in [1.165, 1.54) is 0 Å². The Morgan fingerprint density at radius 1 is 1.70 bits per heavy atom. The number of hydrogen-bond donors (Lipinski definition) is 0. The van der Waals surface area contributed by atoms with Gasteiger partial charge in [-0.15, -0.1) is 6.54 Å². The van der Waals surface area contributed by atoms with Crippen LogP contribution in [0, 0.1) is 6.92 Å². The molecule has 10 heavy (non-hydrogen) atoms. The van der Waals surface area contributed by atoms with Crippen LogP contribution in [0.4, 0.5) is 0 Å². The number of aromatic nitrogens is 2. The quantitative estimate of drug-likeness (QED) is 0.753. The van der Waals surface area contributed by atoms with Crippen LogP contribution in [0.2, 0.25) is 0 Å². The van der Waals surface area contributed by atoms with Gasteiger partial charge in [0.15, 0.2) is 0 Å². The van der Waals surface area contributed by atoms with Gasteiger partial charge < -0.3 is 11.5 Å². The Labute approximate surface area is 75.9 Å². The van der Waals surface area contributed by atoms with Crippen molar-refractivity contribution in [2.24, 2.45) is 0 Å². The first-order valence-electron chi connectivity index (χ1n) is 3.16. The second-order valence-corrected chi connectivity index (χ2v) is 1.96. The summed E-state index contributed by atoms with van der Waals surface area (Å²) >= 11 is 0. The third-order valence-electron chi connectivity index (χ3n) is 1.31. The molecule has 0 saturated carbocycles. The zero-order chi connectivity index (χ0) is 6.69. The van der Waals surface area contributed by atoms with Crippen molar-refractivity contribution in [3.8, 4) is 0 Å². The molecule has 3 heteroatoms. The Morgan fingerprint density at radius 2 is 2.40 bits per heavy atom. The molecule has 56 valence electrons. The van der Waals surface area contributed by atoms with Crippen molar-refractivity contribution in [3.05, 3.63) is 25.1 Å². The number of rotatable bonds is 2. The molecule has 1 aromatic rings. The Kier molecular flexibility index (Phi) is 4.63. The molecule has 0 fully saturated rings. The van der Waals surface area contributed by atoms with E-state index in [-0.39, 0.29) is 21.1 Å². The van der Waals surface area contributed by atoms with Gasteiger partial charge in [0.25, 0.3) is 0 Å². The Morgan fingerprint density at radius 3 is 2.70 bits per heavy atom. The van der Waals surface area contributed by atoms with E-state index in [1.54, 1.807) is 0 Å². The van der Waals surface area contributed by atoms with Crippen LogP contribution in [0.1, 0.15) is 12.6 Å². The van der Waals surface area contributed by atoms with Crippen LogP contribution in [0.15, 0.2) is 12.5 Å². The number of imidazole rings is 1. The van der Waals surface area contributed by atoms with Crippen molar-refractivity contribution in [2.75, 3.05) is 0 Å². The number of aryl methyl sites for hydroxylation is 1. The minimum absolute atomic E-state index is 0. The molecule has 0 saturated heterocycles. The molecule has 0 radical (unpaired) electrons. The summed E-state index contributed by atoms with van der Waals surface area (Å²) in [5.74, 6) is 0. The van der Waals surface area contributed by atoms with E-state index in [0.717, 1.165) is 18.7 Å². The van der Waals surface area contributed by atoms with Gasteiger partial charge in [0.1, 0.15) is 0 Å². The van der Waals surface area contributed by atoms with Gasteiger partial charge in [-0.1, -0.05) is 6.92 Å². The maximum atomic E-state index is 4.13. The second-order valence-electron chi connectivity index (χ2n) is 1.96. The second kappa shape index (κ2) is 4.67. The predicted octanol–water partition coefficient (Wildman–Crippen LogP) is 1.28. The fourth-order valence-corrected chi connectivity index (χ4v) is 0.711. The van der Waals surface area contributed by atoms with Crippen molar-refractivity contribution in [3.63, 3.8) is 0 Å². The summed E-state index contributed by atoms with van der Waals surface area (Å²) in [6.45, 7) is 6.59. The molecule has 0 amide bonds. The fraction of sp³-hybridized carbons (Fsp3) is 0.429. The first kappa shape index (κ1) is 9.90. The first-order valence-corrected chi connectivity index (χ1v) is 3.16. The fourth-order valence-electron chi connectivity index (χ4n) is 0.711. The van der Waals surface area contributed by atoms with Gasteiger partial charge in [-0.2, -0.15) is 0 Å². The molecule has 0 N–H and O–H groups in total. The van der Waals surface area contributed by atoms with Crippen molar-refractivity contribution in [1.29, 1.82) is 0 Å². The Balaban J connectivity index is 0.000000810. The van der Waals surface area contributed by atoms with Crippen molar-refractivity contribution < 1.29 is 21.1 Å². The van der Waals surface area contributed by atoms with Crippen LogP contribution in [0.25, 0.3) is 0 Å². The van der Waals surface area contributed by atoms with Crippen molar-refractivity contribution in [1.82, 2.24) is 9.55 Å². The third-order valence-corrected chi connectivity index (χ3v) is 1.31. The van der Waals surface area contributed by atoms with E-state index in [9.17, 15) is 0 Å². The minimum Gasteiger partial charge on any atom is -0.368 e. The van der Waals surface area contributed by atoms with Gasteiger partial charge in [-0.25, -0.2) is 4.98 Å². The van der Waals surface area contributed by atoms with E-state index in [1.807, 2.05) is 17.1 Å². The zero-order valence-electron chi connectivity index (χ0n) is 6.08. The summed E-state index contributed by atoms with van der Waals surface area (Å²) in [5.41, 5.74) is 1.14. The number of hydrogen-bond acceptors (Lipinski definition) is 1. The maximum absolute atomic E-state index is 4.13. The van der Waals surface area contributed by atoms with Gasteiger partial charge in [-0.3, -0.25) is 0 Å².